The molecule has 4 heteroatoms. The smallest absolute Gasteiger partial charge is 0.542 e. The Morgan fingerprint density at radius 2 is 1.80 bits per heavy atom. The van der Waals surface area contributed by atoms with Gasteiger partial charge in [0, 0.05) is 6.42 Å². The molecule has 0 aromatic carbocycles. The SMILES string of the molecule is CC(C)CC(=O)C(=O)[O-].[K+]. The fraction of sp³-hybridized carbons (Fsp3) is 0.667. The Balaban J connectivity index is 0. The summed E-state index contributed by atoms with van der Waals surface area (Å²) in [6.45, 7) is 3.56. The van der Waals surface area contributed by atoms with Crippen molar-refractivity contribution < 1.29 is 66.1 Å². The van der Waals surface area contributed by atoms with Crippen molar-refractivity contribution in [3.63, 3.8) is 0 Å². The molecular formula is C6H9KO3. The van der Waals surface area contributed by atoms with Crippen molar-refractivity contribution in [3.8, 4) is 0 Å². The van der Waals surface area contributed by atoms with E-state index in [9.17, 15) is 14.7 Å². The minimum absolute atomic E-state index is 0. The Kier molecular flexibility index (Phi) is 8.67. The number of hydrogen-bond acceptors (Lipinski definition) is 3. The number of carbonyl (C=O) groups excluding carboxylic acids is 2. The molecule has 0 aliphatic heterocycles. The quantitative estimate of drug-likeness (QED) is 0.322. The maximum absolute atomic E-state index is 10.3. The number of rotatable bonds is 3. The summed E-state index contributed by atoms with van der Waals surface area (Å²) < 4.78 is 0. The third kappa shape index (κ3) is 6.89. The molecule has 0 N–H and O–H groups in total. The molecule has 0 saturated carbocycles. The maximum Gasteiger partial charge on any atom is 1.00 e. The molecule has 0 aromatic heterocycles. The Morgan fingerprint density at radius 1 is 1.40 bits per heavy atom. The molecule has 0 saturated heterocycles. The number of carbonyl (C=O) groups is 2. The van der Waals surface area contributed by atoms with Gasteiger partial charge in [-0.15, -0.1) is 0 Å². The van der Waals surface area contributed by atoms with E-state index in [4.69, 9.17) is 0 Å². The first-order chi connectivity index (χ1) is 4.04. The van der Waals surface area contributed by atoms with Crippen LogP contribution in [0.15, 0.2) is 0 Å². The van der Waals surface area contributed by atoms with Crippen molar-refractivity contribution >= 4 is 11.8 Å². The summed E-state index contributed by atoms with van der Waals surface area (Å²) in [5.74, 6) is -2.30. The second-order valence-electron chi connectivity index (χ2n) is 2.31. The van der Waals surface area contributed by atoms with Gasteiger partial charge in [0.2, 0.25) is 0 Å². The van der Waals surface area contributed by atoms with Gasteiger partial charge in [-0.3, -0.25) is 4.79 Å². The summed E-state index contributed by atoms with van der Waals surface area (Å²) >= 11 is 0. The molecular weight excluding hydrogens is 159 g/mol. The zero-order valence-corrected chi connectivity index (χ0v) is 9.63. The van der Waals surface area contributed by atoms with Crippen molar-refractivity contribution in [2.75, 3.05) is 0 Å². The van der Waals surface area contributed by atoms with Crippen LogP contribution in [0.1, 0.15) is 20.3 Å². The monoisotopic (exact) mass is 168 g/mol. The first kappa shape index (κ1) is 13.4. The average molecular weight is 168 g/mol. The van der Waals surface area contributed by atoms with Crippen molar-refractivity contribution in [2.45, 2.75) is 20.3 Å². The topological polar surface area (TPSA) is 57.2 Å². The van der Waals surface area contributed by atoms with E-state index < -0.39 is 11.8 Å². The van der Waals surface area contributed by atoms with Gasteiger partial charge in [-0.05, 0) is 5.92 Å². The van der Waals surface area contributed by atoms with E-state index in [1.165, 1.54) is 0 Å². The van der Waals surface area contributed by atoms with Crippen LogP contribution in [0, 0.1) is 5.92 Å². The van der Waals surface area contributed by atoms with Crippen LogP contribution in [-0.4, -0.2) is 11.8 Å². The molecule has 10 heavy (non-hydrogen) atoms. The number of Topliss-reactive ketones (excluding diaryl/α,β-unsaturated/α-hetero) is 1. The predicted octanol–water partition coefficient (Wildman–Crippen LogP) is -3.64. The second kappa shape index (κ2) is 6.48. The van der Waals surface area contributed by atoms with Gasteiger partial charge in [-0.2, -0.15) is 0 Å². The zero-order valence-electron chi connectivity index (χ0n) is 6.51. The molecule has 0 aliphatic carbocycles. The first-order valence-corrected chi connectivity index (χ1v) is 2.78. The molecule has 0 aliphatic rings. The Morgan fingerprint density at radius 3 is 1.90 bits per heavy atom. The van der Waals surface area contributed by atoms with Crippen molar-refractivity contribution in [1.82, 2.24) is 0 Å². The summed E-state index contributed by atoms with van der Waals surface area (Å²) in [6.07, 6.45) is 0.0718. The maximum atomic E-state index is 10.3. The van der Waals surface area contributed by atoms with E-state index in [0.29, 0.717) is 0 Å². The standard InChI is InChI=1S/C6H10O3.K/c1-4(2)3-5(7)6(8)9;/h4H,3H2,1-2H3,(H,8,9);/q;+1/p-1. The van der Waals surface area contributed by atoms with Crippen LogP contribution < -0.4 is 56.5 Å². The van der Waals surface area contributed by atoms with E-state index in [0.717, 1.165) is 0 Å². The molecule has 0 heterocycles. The van der Waals surface area contributed by atoms with Gasteiger partial charge in [0.05, 0.1) is 0 Å². The largest absolute Gasteiger partial charge is 1.00 e. The number of carboxylic acids is 1. The number of aliphatic carboxylic acids is 1. The summed E-state index contributed by atoms with van der Waals surface area (Å²) in [5, 5.41) is 9.77. The van der Waals surface area contributed by atoms with Crippen LogP contribution in [0.5, 0.6) is 0 Å². The van der Waals surface area contributed by atoms with E-state index >= 15 is 0 Å². The zero-order chi connectivity index (χ0) is 7.44. The Hall–Kier alpha value is 0.776. The summed E-state index contributed by atoms with van der Waals surface area (Å²) in [4.78, 5) is 20.1. The summed E-state index contributed by atoms with van der Waals surface area (Å²) in [7, 11) is 0. The van der Waals surface area contributed by atoms with Crippen LogP contribution in [0.3, 0.4) is 0 Å². The van der Waals surface area contributed by atoms with E-state index in [-0.39, 0.29) is 63.7 Å². The van der Waals surface area contributed by atoms with Gasteiger partial charge in [0.1, 0.15) is 5.97 Å². The van der Waals surface area contributed by atoms with Crippen LogP contribution >= 0.6 is 0 Å². The van der Waals surface area contributed by atoms with Crippen LogP contribution in [0.4, 0.5) is 0 Å². The second-order valence-corrected chi connectivity index (χ2v) is 2.31. The Bertz CT molecular complexity index is 131. The fourth-order valence-electron chi connectivity index (χ4n) is 0.454. The van der Waals surface area contributed by atoms with Crippen LogP contribution in [0.25, 0.3) is 0 Å². The minimum Gasteiger partial charge on any atom is -0.542 e. The Labute approximate surface area is 103 Å². The first-order valence-electron chi connectivity index (χ1n) is 2.78. The van der Waals surface area contributed by atoms with Crippen molar-refractivity contribution in [3.05, 3.63) is 0 Å². The van der Waals surface area contributed by atoms with Crippen LogP contribution in [-0.2, 0) is 9.59 Å². The molecule has 0 fully saturated rings. The fourth-order valence-corrected chi connectivity index (χ4v) is 0.454. The van der Waals surface area contributed by atoms with Gasteiger partial charge in [-0.25, -0.2) is 0 Å². The molecule has 0 rings (SSSR count). The molecule has 0 radical (unpaired) electrons. The molecule has 0 atom stereocenters. The third-order valence-electron chi connectivity index (χ3n) is 0.821. The van der Waals surface area contributed by atoms with Gasteiger partial charge < -0.3 is 9.90 Å². The third-order valence-corrected chi connectivity index (χ3v) is 0.821. The summed E-state index contributed by atoms with van der Waals surface area (Å²) in [6, 6.07) is 0. The van der Waals surface area contributed by atoms with E-state index in [1.807, 2.05) is 0 Å². The predicted molar refractivity (Wildman–Crippen MR) is 29.5 cm³/mol. The van der Waals surface area contributed by atoms with Crippen molar-refractivity contribution in [1.29, 1.82) is 0 Å². The molecule has 0 spiro atoms. The number of ketones is 1. The molecule has 0 unspecified atom stereocenters. The summed E-state index contributed by atoms with van der Waals surface area (Å²) in [5.41, 5.74) is 0. The number of hydrogen-bond donors (Lipinski definition) is 0. The molecule has 0 amide bonds. The molecule has 3 nitrogen and oxygen atoms in total. The van der Waals surface area contributed by atoms with Gasteiger partial charge >= 0.3 is 51.4 Å². The van der Waals surface area contributed by atoms with Gasteiger partial charge in [0.15, 0.2) is 5.78 Å². The van der Waals surface area contributed by atoms with E-state index in [1.54, 1.807) is 13.8 Å². The minimum atomic E-state index is -1.58. The van der Waals surface area contributed by atoms with Gasteiger partial charge in [0.25, 0.3) is 0 Å². The van der Waals surface area contributed by atoms with E-state index in [2.05, 4.69) is 0 Å². The van der Waals surface area contributed by atoms with Gasteiger partial charge in [-0.1, -0.05) is 13.8 Å². The van der Waals surface area contributed by atoms with Crippen LogP contribution in [0.2, 0.25) is 0 Å². The number of carboxylic acid groups (broad SMARTS) is 1. The molecule has 0 bridgehead atoms. The average Bonchev–Trinajstić information content (AvgIpc) is 1.63. The molecule has 0 aromatic rings. The van der Waals surface area contributed by atoms with Crippen molar-refractivity contribution in [2.24, 2.45) is 5.92 Å². The molecule has 52 valence electrons. The normalized spacial score (nSPS) is 8.70.